The number of nitrogens with one attached hydrogen (secondary N) is 1. The quantitative estimate of drug-likeness (QED) is 0.831. The molecule has 0 aliphatic rings. The van der Waals surface area contributed by atoms with E-state index in [4.69, 9.17) is 4.74 Å². The maximum Gasteiger partial charge on any atom is 0.0895 e. The normalized spacial score (nSPS) is 11.8. The molecule has 0 bridgehead atoms. The smallest absolute Gasteiger partial charge is 0.0895 e. The van der Waals surface area contributed by atoms with Gasteiger partial charge in [0.25, 0.3) is 0 Å². The Kier molecular flexibility index (Phi) is 4.90. The zero-order valence-electron chi connectivity index (χ0n) is 10.7. The lowest BCUT2D eigenvalue weighted by Gasteiger charge is -2.19. The monoisotopic (exact) mass is 222 g/mol. The van der Waals surface area contributed by atoms with Crippen LogP contribution in [0.1, 0.15) is 39.1 Å². The third kappa shape index (κ3) is 5.24. The van der Waals surface area contributed by atoms with Crippen molar-refractivity contribution in [3.05, 3.63) is 29.6 Å². The van der Waals surface area contributed by atoms with Crippen molar-refractivity contribution in [2.45, 2.75) is 46.4 Å². The van der Waals surface area contributed by atoms with Crippen molar-refractivity contribution < 1.29 is 4.74 Å². The average molecular weight is 222 g/mol. The average Bonchev–Trinajstić information content (AvgIpc) is 2.23. The predicted molar refractivity (Wildman–Crippen MR) is 66.2 cm³/mol. The number of hydrogen-bond acceptors (Lipinski definition) is 3. The maximum atomic E-state index is 5.69. The van der Waals surface area contributed by atoms with Crippen molar-refractivity contribution in [3.8, 4) is 0 Å². The molecule has 1 aromatic rings. The van der Waals surface area contributed by atoms with E-state index in [-0.39, 0.29) is 5.60 Å². The first-order valence-corrected chi connectivity index (χ1v) is 5.81. The van der Waals surface area contributed by atoms with Crippen LogP contribution < -0.4 is 5.32 Å². The van der Waals surface area contributed by atoms with Gasteiger partial charge < -0.3 is 10.1 Å². The SMILES string of the molecule is CCNCc1cccc(COC(C)(C)C)n1. The van der Waals surface area contributed by atoms with Crippen molar-refractivity contribution in [3.63, 3.8) is 0 Å². The predicted octanol–water partition coefficient (Wildman–Crippen LogP) is 2.51. The Balaban J connectivity index is 2.53. The minimum absolute atomic E-state index is 0.112. The van der Waals surface area contributed by atoms with Gasteiger partial charge >= 0.3 is 0 Å². The Morgan fingerprint density at radius 1 is 1.25 bits per heavy atom. The number of aromatic nitrogens is 1. The minimum Gasteiger partial charge on any atom is -0.370 e. The third-order valence-corrected chi connectivity index (χ3v) is 2.07. The van der Waals surface area contributed by atoms with Crippen molar-refractivity contribution in [2.75, 3.05) is 6.54 Å². The van der Waals surface area contributed by atoms with Crippen molar-refractivity contribution in [1.82, 2.24) is 10.3 Å². The fourth-order valence-corrected chi connectivity index (χ4v) is 1.25. The summed E-state index contributed by atoms with van der Waals surface area (Å²) >= 11 is 0. The summed E-state index contributed by atoms with van der Waals surface area (Å²) < 4.78 is 5.69. The molecule has 3 heteroatoms. The van der Waals surface area contributed by atoms with E-state index in [1.165, 1.54) is 0 Å². The second-order valence-electron chi connectivity index (χ2n) is 4.80. The number of ether oxygens (including phenoxy) is 1. The molecule has 3 nitrogen and oxygen atoms in total. The lowest BCUT2D eigenvalue weighted by Crippen LogP contribution is -2.19. The van der Waals surface area contributed by atoms with E-state index >= 15 is 0 Å². The Bertz CT molecular complexity index is 318. The standard InChI is InChI=1S/C13H22N2O/c1-5-14-9-11-7-6-8-12(15-11)10-16-13(2,3)4/h6-8,14H,5,9-10H2,1-4H3. The molecule has 0 unspecified atom stereocenters. The van der Waals surface area contributed by atoms with E-state index in [1.54, 1.807) is 0 Å². The molecule has 0 spiro atoms. The van der Waals surface area contributed by atoms with Crippen LogP contribution in [0.15, 0.2) is 18.2 Å². The van der Waals surface area contributed by atoms with Gasteiger partial charge in [0, 0.05) is 6.54 Å². The number of nitrogens with zero attached hydrogens (tertiary/aromatic N) is 1. The van der Waals surface area contributed by atoms with Crippen LogP contribution in [-0.2, 0) is 17.9 Å². The lowest BCUT2D eigenvalue weighted by atomic mass is 10.2. The van der Waals surface area contributed by atoms with Gasteiger partial charge in [-0.15, -0.1) is 0 Å². The molecule has 0 aliphatic heterocycles. The highest BCUT2D eigenvalue weighted by Crippen LogP contribution is 2.10. The van der Waals surface area contributed by atoms with Gasteiger partial charge in [0.05, 0.1) is 23.6 Å². The van der Waals surface area contributed by atoms with Crippen LogP contribution in [0, 0.1) is 0 Å². The van der Waals surface area contributed by atoms with Gasteiger partial charge in [-0.25, -0.2) is 0 Å². The fraction of sp³-hybridized carbons (Fsp3) is 0.615. The van der Waals surface area contributed by atoms with Gasteiger partial charge in [0.2, 0.25) is 0 Å². The van der Waals surface area contributed by atoms with Gasteiger partial charge in [-0.3, -0.25) is 4.98 Å². The molecule has 0 amide bonds. The lowest BCUT2D eigenvalue weighted by molar-refractivity contribution is -0.0165. The summed E-state index contributed by atoms with van der Waals surface area (Å²) in [6.45, 7) is 10.6. The molecule has 90 valence electrons. The summed E-state index contributed by atoms with van der Waals surface area (Å²) in [4.78, 5) is 4.53. The van der Waals surface area contributed by atoms with Crippen LogP contribution in [0.25, 0.3) is 0 Å². The van der Waals surface area contributed by atoms with Crippen LogP contribution in [0.2, 0.25) is 0 Å². The first-order chi connectivity index (χ1) is 7.51. The Hall–Kier alpha value is -0.930. The number of rotatable bonds is 5. The van der Waals surface area contributed by atoms with Crippen molar-refractivity contribution in [1.29, 1.82) is 0 Å². The highest BCUT2D eigenvalue weighted by molar-refractivity contribution is 5.10. The summed E-state index contributed by atoms with van der Waals surface area (Å²) in [5.41, 5.74) is 1.95. The summed E-state index contributed by atoms with van der Waals surface area (Å²) in [5.74, 6) is 0. The molecular weight excluding hydrogens is 200 g/mol. The highest BCUT2D eigenvalue weighted by atomic mass is 16.5. The zero-order chi connectivity index (χ0) is 12.0. The fourth-order valence-electron chi connectivity index (χ4n) is 1.25. The van der Waals surface area contributed by atoms with Crippen LogP contribution in [0.5, 0.6) is 0 Å². The van der Waals surface area contributed by atoms with Crippen LogP contribution in [0.3, 0.4) is 0 Å². The topological polar surface area (TPSA) is 34.1 Å². The molecule has 0 aliphatic carbocycles. The molecule has 0 fully saturated rings. The molecule has 1 rings (SSSR count). The summed E-state index contributed by atoms with van der Waals surface area (Å²) in [5, 5.41) is 3.26. The molecule has 16 heavy (non-hydrogen) atoms. The largest absolute Gasteiger partial charge is 0.370 e. The Morgan fingerprint density at radius 2 is 1.94 bits per heavy atom. The minimum atomic E-state index is -0.112. The van der Waals surface area contributed by atoms with E-state index < -0.39 is 0 Å². The maximum absolute atomic E-state index is 5.69. The van der Waals surface area contributed by atoms with E-state index in [0.717, 1.165) is 24.5 Å². The highest BCUT2D eigenvalue weighted by Gasteiger charge is 2.10. The van der Waals surface area contributed by atoms with E-state index in [1.807, 2.05) is 18.2 Å². The van der Waals surface area contributed by atoms with E-state index in [0.29, 0.717) is 6.61 Å². The molecule has 0 atom stereocenters. The van der Waals surface area contributed by atoms with Crippen molar-refractivity contribution in [2.24, 2.45) is 0 Å². The zero-order valence-corrected chi connectivity index (χ0v) is 10.7. The number of hydrogen-bond donors (Lipinski definition) is 1. The van der Waals surface area contributed by atoms with Gasteiger partial charge in [-0.1, -0.05) is 13.0 Å². The summed E-state index contributed by atoms with van der Waals surface area (Å²) in [6, 6.07) is 6.06. The Morgan fingerprint density at radius 3 is 2.56 bits per heavy atom. The van der Waals surface area contributed by atoms with E-state index in [9.17, 15) is 0 Å². The second-order valence-corrected chi connectivity index (χ2v) is 4.80. The van der Waals surface area contributed by atoms with Crippen molar-refractivity contribution >= 4 is 0 Å². The first-order valence-electron chi connectivity index (χ1n) is 5.81. The van der Waals surface area contributed by atoms with Gasteiger partial charge in [0.15, 0.2) is 0 Å². The van der Waals surface area contributed by atoms with Gasteiger partial charge in [-0.2, -0.15) is 0 Å². The molecule has 0 aromatic carbocycles. The summed E-state index contributed by atoms with van der Waals surface area (Å²) in [6.07, 6.45) is 0. The van der Waals surface area contributed by atoms with Crippen LogP contribution in [0.4, 0.5) is 0 Å². The third-order valence-electron chi connectivity index (χ3n) is 2.07. The molecule has 1 heterocycles. The Labute approximate surface area is 98.2 Å². The van der Waals surface area contributed by atoms with Crippen LogP contribution in [-0.4, -0.2) is 17.1 Å². The number of pyridine rings is 1. The summed E-state index contributed by atoms with van der Waals surface area (Å²) in [7, 11) is 0. The molecule has 1 aromatic heterocycles. The molecule has 1 N–H and O–H groups in total. The molecular formula is C13H22N2O. The van der Waals surface area contributed by atoms with Gasteiger partial charge in [-0.05, 0) is 39.4 Å². The molecule has 0 saturated heterocycles. The first kappa shape index (κ1) is 13.1. The van der Waals surface area contributed by atoms with Gasteiger partial charge in [0.1, 0.15) is 0 Å². The molecule has 0 saturated carbocycles. The van der Waals surface area contributed by atoms with E-state index in [2.05, 4.69) is 38.0 Å². The second kappa shape index (κ2) is 5.97. The molecule has 0 radical (unpaired) electrons. The van der Waals surface area contributed by atoms with Crippen LogP contribution >= 0.6 is 0 Å².